The molecule has 0 aromatic carbocycles. The highest BCUT2D eigenvalue weighted by Crippen LogP contribution is 2.12. The molecule has 1 aromatic heterocycles. The second kappa shape index (κ2) is 7.40. The molecule has 0 spiro atoms. The lowest BCUT2D eigenvalue weighted by molar-refractivity contribution is 0.990. The summed E-state index contributed by atoms with van der Waals surface area (Å²) in [6, 6.07) is 2.09. The molecule has 3 nitrogen and oxygen atoms in total. The van der Waals surface area contributed by atoms with E-state index in [0.717, 1.165) is 24.5 Å². The van der Waals surface area contributed by atoms with Crippen molar-refractivity contribution < 1.29 is 0 Å². The van der Waals surface area contributed by atoms with E-state index in [9.17, 15) is 0 Å². The maximum Gasteiger partial charge on any atom is 0.0547 e. The van der Waals surface area contributed by atoms with Crippen molar-refractivity contribution in [3.63, 3.8) is 0 Å². The number of anilines is 2. The van der Waals surface area contributed by atoms with Crippen LogP contribution in [0.15, 0.2) is 18.5 Å². The fraction of sp³-hybridized carbons (Fsp3) is 0.545. The zero-order valence-electron chi connectivity index (χ0n) is 9.42. The van der Waals surface area contributed by atoms with Crippen molar-refractivity contribution in [3.8, 4) is 0 Å². The van der Waals surface area contributed by atoms with E-state index >= 15 is 0 Å². The topological polar surface area (TPSA) is 37.0 Å². The number of thioether (sulfide) groups is 1. The molecule has 0 radical (unpaired) electrons. The van der Waals surface area contributed by atoms with Crippen LogP contribution in [0.4, 0.5) is 11.4 Å². The molecule has 0 saturated heterocycles. The van der Waals surface area contributed by atoms with E-state index in [1.165, 1.54) is 12.2 Å². The van der Waals surface area contributed by atoms with Gasteiger partial charge < -0.3 is 10.6 Å². The zero-order valence-corrected chi connectivity index (χ0v) is 10.2. The summed E-state index contributed by atoms with van der Waals surface area (Å²) in [4.78, 5) is 4.17. The molecule has 2 N–H and O–H groups in total. The molecule has 0 bridgehead atoms. The van der Waals surface area contributed by atoms with Crippen LogP contribution in [-0.4, -0.2) is 30.1 Å². The standard InChI is InChI=1S/C11H19N3S/c1-3-13-10-7-11(9-12-8-10)14-5-4-6-15-2/h7-9,13-14H,3-6H2,1-2H3. The molecular formula is C11H19N3S. The molecule has 0 aliphatic rings. The van der Waals surface area contributed by atoms with Crippen molar-refractivity contribution in [1.82, 2.24) is 4.98 Å². The van der Waals surface area contributed by atoms with Gasteiger partial charge in [0.2, 0.25) is 0 Å². The molecule has 0 amide bonds. The normalized spacial score (nSPS) is 10.0. The molecule has 1 aromatic rings. The number of hydrogen-bond acceptors (Lipinski definition) is 4. The molecule has 1 heterocycles. The smallest absolute Gasteiger partial charge is 0.0547 e. The predicted molar refractivity (Wildman–Crippen MR) is 69.9 cm³/mol. The van der Waals surface area contributed by atoms with Crippen molar-refractivity contribution in [1.29, 1.82) is 0 Å². The summed E-state index contributed by atoms with van der Waals surface area (Å²) in [6.07, 6.45) is 7.02. The van der Waals surface area contributed by atoms with Crippen LogP contribution in [0, 0.1) is 0 Å². The molecule has 0 saturated carbocycles. The van der Waals surface area contributed by atoms with Crippen LogP contribution in [0.2, 0.25) is 0 Å². The van der Waals surface area contributed by atoms with Crippen molar-refractivity contribution in [3.05, 3.63) is 18.5 Å². The van der Waals surface area contributed by atoms with Gasteiger partial charge in [0.1, 0.15) is 0 Å². The zero-order chi connectivity index (χ0) is 10.9. The first-order chi connectivity index (χ1) is 7.36. The predicted octanol–water partition coefficient (Wildman–Crippen LogP) is 2.68. The van der Waals surface area contributed by atoms with Crippen LogP contribution < -0.4 is 10.6 Å². The summed E-state index contributed by atoms with van der Waals surface area (Å²) < 4.78 is 0. The maximum absolute atomic E-state index is 4.17. The lowest BCUT2D eigenvalue weighted by Crippen LogP contribution is -2.04. The monoisotopic (exact) mass is 225 g/mol. The second-order valence-corrected chi connectivity index (χ2v) is 4.25. The first kappa shape index (κ1) is 12.2. The minimum Gasteiger partial charge on any atom is -0.384 e. The van der Waals surface area contributed by atoms with E-state index in [1.807, 2.05) is 24.2 Å². The third-order valence-electron chi connectivity index (χ3n) is 1.97. The fourth-order valence-corrected chi connectivity index (χ4v) is 1.72. The first-order valence-electron chi connectivity index (χ1n) is 5.28. The van der Waals surface area contributed by atoms with Gasteiger partial charge in [0, 0.05) is 13.1 Å². The van der Waals surface area contributed by atoms with Crippen LogP contribution in [0.25, 0.3) is 0 Å². The Hall–Kier alpha value is -0.900. The molecule has 4 heteroatoms. The Balaban J connectivity index is 2.36. The summed E-state index contributed by atoms with van der Waals surface area (Å²) in [5.41, 5.74) is 2.17. The average Bonchev–Trinajstić information content (AvgIpc) is 2.26. The first-order valence-corrected chi connectivity index (χ1v) is 6.68. The maximum atomic E-state index is 4.17. The number of nitrogens with zero attached hydrogens (tertiary/aromatic N) is 1. The molecule has 0 aliphatic carbocycles. The van der Waals surface area contributed by atoms with Gasteiger partial charge in [-0.1, -0.05) is 0 Å². The number of nitrogens with one attached hydrogen (secondary N) is 2. The largest absolute Gasteiger partial charge is 0.384 e. The summed E-state index contributed by atoms with van der Waals surface area (Å²) in [5.74, 6) is 1.20. The van der Waals surface area contributed by atoms with E-state index in [4.69, 9.17) is 0 Å². The highest BCUT2D eigenvalue weighted by Gasteiger charge is 1.94. The minimum atomic E-state index is 0.928. The van der Waals surface area contributed by atoms with E-state index in [0.29, 0.717) is 0 Å². The summed E-state index contributed by atoms with van der Waals surface area (Å²) in [7, 11) is 0. The Labute approximate surface area is 96.1 Å². The Bertz CT molecular complexity index is 278. The molecule has 0 fully saturated rings. The number of pyridine rings is 1. The van der Waals surface area contributed by atoms with Gasteiger partial charge in [-0.2, -0.15) is 11.8 Å². The van der Waals surface area contributed by atoms with Crippen molar-refractivity contribution in [2.24, 2.45) is 0 Å². The van der Waals surface area contributed by atoms with Gasteiger partial charge in [-0.25, -0.2) is 0 Å². The quantitative estimate of drug-likeness (QED) is 0.700. The van der Waals surface area contributed by atoms with Gasteiger partial charge >= 0.3 is 0 Å². The SMILES string of the molecule is CCNc1cncc(NCCCSC)c1. The molecule has 0 aliphatic heterocycles. The van der Waals surface area contributed by atoms with Gasteiger partial charge in [0.15, 0.2) is 0 Å². The van der Waals surface area contributed by atoms with Gasteiger partial charge in [0.05, 0.1) is 23.8 Å². The third-order valence-corrected chi connectivity index (χ3v) is 2.67. The molecule has 84 valence electrons. The summed E-state index contributed by atoms with van der Waals surface area (Å²) in [5, 5.41) is 6.61. The molecule has 0 atom stereocenters. The third kappa shape index (κ3) is 4.93. The van der Waals surface area contributed by atoms with Crippen molar-refractivity contribution in [2.75, 3.05) is 35.7 Å². The van der Waals surface area contributed by atoms with Crippen molar-refractivity contribution >= 4 is 23.1 Å². The van der Waals surface area contributed by atoms with E-state index in [1.54, 1.807) is 0 Å². The summed E-state index contributed by atoms with van der Waals surface area (Å²) in [6.45, 7) is 4.02. The summed E-state index contributed by atoms with van der Waals surface area (Å²) >= 11 is 1.88. The molecule has 1 rings (SSSR count). The van der Waals surface area contributed by atoms with Gasteiger partial charge in [-0.15, -0.1) is 0 Å². The number of aromatic nitrogens is 1. The Morgan fingerprint density at radius 2 is 2.00 bits per heavy atom. The van der Waals surface area contributed by atoms with Gasteiger partial charge in [0.25, 0.3) is 0 Å². The van der Waals surface area contributed by atoms with Gasteiger partial charge in [-0.3, -0.25) is 4.98 Å². The Kier molecular flexibility index (Phi) is 6.00. The van der Waals surface area contributed by atoms with Gasteiger partial charge in [-0.05, 0) is 31.4 Å². The molecule has 0 unspecified atom stereocenters. The Morgan fingerprint density at radius 3 is 2.67 bits per heavy atom. The average molecular weight is 225 g/mol. The lowest BCUT2D eigenvalue weighted by atomic mass is 10.3. The fourth-order valence-electron chi connectivity index (χ4n) is 1.29. The Morgan fingerprint density at radius 1 is 1.27 bits per heavy atom. The van der Waals surface area contributed by atoms with Crippen LogP contribution in [0.5, 0.6) is 0 Å². The highest BCUT2D eigenvalue weighted by atomic mass is 32.2. The van der Waals surface area contributed by atoms with E-state index < -0.39 is 0 Å². The number of rotatable bonds is 7. The molecular weight excluding hydrogens is 206 g/mol. The molecule has 15 heavy (non-hydrogen) atoms. The van der Waals surface area contributed by atoms with Crippen LogP contribution in [-0.2, 0) is 0 Å². The number of hydrogen-bond donors (Lipinski definition) is 2. The minimum absolute atomic E-state index is 0.928. The van der Waals surface area contributed by atoms with Crippen molar-refractivity contribution in [2.45, 2.75) is 13.3 Å². The van der Waals surface area contributed by atoms with E-state index in [-0.39, 0.29) is 0 Å². The van der Waals surface area contributed by atoms with Crippen LogP contribution >= 0.6 is 11.8 Å². The highest BCUT2D eigenvalue weighted by molar-refractivity contribution is 7.98. The van der Waals surface area contributed by atoms with E-state index in [2.05, 4.69) is 34.9 Å². The van der Waals surface area contributed by atoms with Crippen LogP contribution in [0.3, 0.4) is 0 Å². The van der Waals surface area contributed by atoms with Crippen LogP contribution in [0.1, 0.15) is 13.3 Å². The second-order valence-electron chi connectivity index (χ2n) is 3.27. The lowest BCUT2D eigenvalue weighted by Gasteiger charge is -2.07.